The number of rotatable bonds is 3. The summed E-state index contributed by atoms with van der Waals surface area (Å²) in [5, 5.41) is 9.42. The highest BCUT2D eigenvalue weighted by Crippen LogP contribution is 2.46. The lowest BCUT2D eigenvalue weighted by Gasteiger charge is -2.39. The predicted octanol–water partition coefficient (Wildman–Crippen LogP) is 5.07. The van der Waals surface area contributed by atoms with Gasteiger partial charge in [-0.15, -0.1) is 0 Å². The third-order valence-corrected chi connectivity index (χ3v) is 5.27. The van der Waals surface area contributed by atoms with Gasteiger partial charge in [-0.25, -0.2) is 0 Å². The van der Waals surface area contributed by atoms with Crippen LogP contribution in [0.2, 0.25) is 0 Å². The zero-order valence-corrected chi connectivity index (χ0v) is 11.4. The molecule has 1 heteroatoms. The number of nitriles is 1. The van der Waals surface area contributed by atoms with Crippen LogP contribution in [0.15, 0.2) is 0 Å². The third-order valence-electron chi connectivity index (χ3n) is 5.27. The number of nitrogens with zero attached hydrogens (tertiary/aromatic N) is 1. The van der Waals surface area contributed by atoms with Crippen molar-refractivity contribution in [3.05, 3.63) is 0 Å². The van der Waals surface area contributed by atoms with Crippen molar-refractivity contribution in [3.8, 4) is 6.07 Å². The molecule has 0 amide bonds. The van der Waals surface area contributed by atoms with E-state index in [4.69, 9.17) is 0 Å². The highest BCUT2D eigenvalue weighted by Gasteiger charge is 2.37. The minimum atomic E-state index is 0.0555. The summed E-state index contributed by atoms with van der Waals surface area (Å²) in [7, 11) is 0. The van der Waals surface area contributed by atoms with E-state index in [9.17, 15) is 5.26 Å². The van der Waals surface area contributed by atoms with Gasteiger partial charge in [0.05, 0.1) is 11.5 Å². The highest BCUT2D eigenvalue weighted by atomic mass is 14.4. The largest absolute Gasteiger partial charge is 0.198 e. The molecule has 2 fully saturated rings. The molecule has 0 N–H and O–H groups in total. The van der Waals surface area contributed by atoms with Gasteiger partial charge in [0, 0.05) is 0 Å². The summed E-state index contributed by atoms with van der Waals surface area (Å²) in [4.78, 5) is 0. The monoisotopic (exact) mass is 233 g/mol. The lowest BCUT2D eigenvalue weighted by molar-refractivity contribution is 0.130. The third kappa shape index (κ3) is 3.03. The molecule has 96 valence electrons. The molecule has 1 nitrogen and oxygen atoms in total. The smallest absolute Gasteiger partial charge is 0.0689 e. The van der Waals surface area contributed by atoms with Gasteiger partial charge < -0.3 is 0 Å². The molecule has 2 aliphatic rings. The van der Waals surface area contributed by atoms with E-state index in [2.05, 4.69) is 13.0 Å². The van der Waals surface area contributed by atoms with Crippen molar-refractivity contribution in [1.82, 2.24) is 0 Å². The van der Waals surface area contributed by atoms with Gasteiger partial charge in [-0.1, -0.05) is 45.4 Å². The van der Waals surface area contributed by atoms with Crippen LogP contribution >= 0.6 is 0 Å². The fourth-order valence-corrected chi connectivity index (χ4v) is 4.17. The van der Waals surface area contributed by atoms with Gasteiger partial charge in [0.25, 0.3) is 0 Å². The Hall–Kier alpha value is -0.510. The van der Waals surface area contributed by atoms with E-state index in [0.29, 0.717) is 0 Å². The molecule has 0 aromatic heterocycles. The minimum Gasteiger partial charge on any atom is -0.198 e. The number of hydrogen-bond donors (Lipinski definition) is 0. The summed E-state index contributed by atoms with van der Waals surface area (Å²) in [6.45, 7) is 2.21. The summed E-state index contributed by atoms with van der Waals surface area (Å²) in [6.07, 6.45) is 14.6. The fourth-order valence-electron chi connectivity index (χ4n) is 4.17. The van der Waals surface area contributed by atoms with Crippen molar-refractivity contribution in [1.29, 1.82) is 5.26 Å². The quantitative estimate of drug-likeness (QED) is 0.668. The Bertz CT molecular complexity index is 262. The molecular weight excluding hydrogens is 206 g/mol. The van der Waals surface area contributed by atoms with E-state index in [1.807, 2.05) is 0 Å². The second-order valence-corrected chi connectivity index (χ2v) is 6.38. The fraction of sp³-hybridized carbons (Fsp3) is 0.938. The van der Waals surface area contributed by atoms with Gasteiger partial charge in [-0.05, 0) is 43.9 Å². The van der Waals surface area contributed by atoms with Gasteiger partial charge in [0.1, 0.15) is 0 Å². The maximum Gasteiger partial charge on any atom is 0.0689 e. The highest BCUT2D eigenvalue weighted by molar-refractivity contribution is 5.01. The molecule has 0 spiro atoms. The summed E-state index contributed by atoms with van der Waals surface area (Å²) in [6, 6.07) is 2.64. The molecule has 2 aliphatic carbocycles. The normalized spacial score (nSPS) is 35.4. The van der Waals surface area contributed by atoms with E-state index in [0.717, 1.165) is 18.3 Å². The second kappa shape index (κ2) is 5.89. The van der Waals surface area contributed by atoms with Crippen molar-refractivity contribution >= 4 is 0 Å². The molecule has 17 heavy (non-hydrogen) atoms. The number of hydrogen-bond acceptors (Lipinski definition) is 1. The molecule has 0 saturated heterocycles. The Labute approximate surface area is 107 Å². The van der Waals surface area contributed by atoms with Gasteiger partial charge in [-0.2, -0.15) is 5.26 Å². The molecular formula is C16H27N. The first-order chi connectivity index (χ1) is 8.29. The Balaban J connectivity index is 1.86. The van der Waals surface area contributed by atoms with Gasteiger partial charge in [-0.3, -0.25) is 0 Å². The van der Waals surface area contributed by atoms with Crippen molar-refractivity contribution in [2.75, 3.05) is 0 Å². The van der Waals surface area contributed by atoms with Crippen LogP contribution in [0.3, 0.4) is 0 Å². The van der Waals surface area contributed by atoms with Crippen molar-refractivity contribution in [3.63, 3.8) is 0 Å². The van der Waals surface area contributed by atoms with Crippen LogP contribution in [0.5, 0.6) is 0 Å². The van der Waals surface area contributed by atoms with E-state index >= 15 is 0 Å². The van der Waals surface area contributed by atoms with Crippen molar-refractivity contribution < 1.29 is 0 Å². The molecule has 0 bridgehead atoms. The first kappa shape index (κ1) is 12.9. The molecule has 0 aromatic rings. The SMILES string of the molecule is CCCC1(C#N)CCC(C2CCCCC2)CC1. The summed E-state index contributed by atoms with van der Waals surface area (Å²) in [5.41, 5.74) is 0.0555. The molecule has 2 rings (SSSR count). The topological polar surface area (TPSA) is 23.8 Å². The maximum atomic E-state index is 9.42. The summed E-state index contributed by atoms with van der Waals surface area (Å²) in [5.74, 6) is 1.95. The first-order valence-corrected chi connectivity index (χ1v) is 7.71. The van der Waals surface area contributed by atoms with Gasteiger partial charge in [0.15, 0.2) is 0 Å². The van der Waals surface area contributed by atoms with E-state index in [-0.39, 0.29) is 5.41 Å². The Morgan fingerprint density at radius 1 is 1.00 bits per heavy atom. The average Bonchev–Trinajstić information content (AvgIpc) is 2.41. The van der Waals surface area contributed by atoms with Crippen molar-refractivity contribution in [2.24, 2.45) is 17.3 Å². The van der Waals surface area contributed by atoms with Gasteiger partial charge >= 0.3 is 0 Å². The second-order valence-electron chi connectivity index (χ2n) is 6.38. The lowest BCUT2D eigenvalue weighted by Crippen LogP contribution is -2.30. The molecule has 0 heterocycles. The van der Waals surface area contributed by atoms with Crippen LogP contribution < -0.4 is 0 Å². The minimum absolute atomic E-state index is 0.0555. The van der Waals surface area contributed by atoms with Gasteiger partial charge in [0.2, 0.25) is 0 Å². The van der Waals surface area contributed by atoms with E-state index < -0.39 is 0 Å². The summed E-state index contributed by atoms with van der Waals surface area (Å²) >= 11 is 0. The van der Waals surface area contributed by atoms with Crippen LogP contribution in [-0.4, -0.2) is 0 Å². The molecule has 2 saturated carbocycles. The molecule has 0 atom stereocenters. The van der Waals surface area contributed by atoms with Crippen LogP contribution in [-0.2, 0) is 0 Å². The molecule has 0 radical (unpaired) electrons. The van der Waals surface area contributed by atoms with Crippen molar-refractivity contribution in [2.45, 2.75) is 77.6 Å². The van der Waals surface area contributed by atoms with Crippen LogP contribution in [0.1, 0.15) is 77.6 Å². The Kier molecular flexibility index (Phi) is 4.48. The lowest BCUT2D eigenvalue weighted by atomic mass is 9.64. The summed E-state index contributed by atoms with van der Waals surface area (Å²) < 4.78 is 0. The first-order valence-electron chi connectivity index (χ1n) is 7.71. The van der Waals surface area contributed by atoms with E-state index in [1.54, 1.807) is 0 Å². The standard InChI is InChI=1S/C16H27N/c1-2-10-16(13-17)11-8-15(9-12-16)14-6-4-3-5-7-14/h14-15H,2-12H2,1H3. The zero-order valence-electron chi connectivity index (χ0n) is 11.4. The predicted molar refractivity (Wildman–Crippen MR) is 71.5 cm³/mol. The molecule has 0 aromatic carbocycles. The zero-order chi connectivity index (χ0) is 12.1. The van der Waals surface area contributed by atoms with E-state index in [1.165, 1.54) is 64.2 Å². The maximum absolute atomic E-state index is 9.42. The van der Waals surface area contributed by atoms with Crippen LogP contribution in [0.25, 0.3) is 0 Å². The Morgan fingerprint density at radius 2 is 1.59 bits per heavy atom. The van der Waals surface area contributed by atoms with Crippen LogP contribution in [0, 0.1) is 28.6 Å². The molecule has 0 unspecified atom stereocenters. The molecule has 0 aliphatic heterocycles. The van der Waals surface area contributed by atoms with Crippen LogP contribution in [0.4, 0.5) is 0 Å². The Morgan fingerprint density at radius 3 is 2.12 bits per heavy atom. The average molecular weight is 233 g/mol.